The summed E-state index contributed by atoms with van der Waals surface area (Å²) in [7, 11) is 0. The van der Waals surface area contributed by atoms with Gasteiger partial charge in [-0.3, -0.25) is 19.5 Å². The number of Topliss-reactive ketones (excluding diaryl/α,β-unsaturated/α-hetero) is 1. The second kappa shape index (κ2) is 8.63. The lowest BCUT2D eigenvalue weighted by molar-refractivity contribution is -0.118. The first-order valence-electron chi connectivity index (χ1n) is 9.55. The molecule has 0 bridgehead atoms. The molecule has 0 saturated carbocycles. The molecule has 1 N–H and O–H groups in total. The number of nitrogens with zero attached hydrogens (tertiary/aromatic N) is 2. The van der Waals surface area contributed by atoms with E-state index in [0.717, 1.165) is 10.0 Å². The first kappa shape index (κ1) is 20.0. The fourth-order valence-corrected chi connectivity index (χ4v) is 3.92. The fourth-order valence-electron chi connectivity index (χ4n) is 3.66. The number of benzene rings is 2. The van der Waals surface area contributed by atoms with Gasteiger partial charge in [0, 0.05) is 29.0 Å². The second-order valence-corrected chi connectivity index (χ2v) is 7.92. The highest BCUT2D eigenvalue weighted by Crippen LogP contribution is 2.41. The lowest BCUT2D eigenvalue weighted by Crippen LogP contribution is -2.31. The Morgan fingerprint density at radius 2 is 1.67 bits per heavy atom. The van der Waals surface area contributed by atoms with Gasteiger partial charge in [-0.1, -0.05) is 46.3 Å². The monoisotopic (exact) mass is 462 g/mol. The van der Waals surface area contributed by atoms with Crippen LogP contribution in [0.2, 0.25) is 0 Å². The summed E-state index contributed by atoms with van der Waals surface area (Å²) in [6.45, 7) is 0. The summed E-state index contributed by atoms with van der Waals surface area (Å²) in [5.41, 5.74) is 2.47. The Morgan fingerprint density at radius 1 is 1.00 bits per heavy atom. The van der Waals surface area contributed by atoms with E-state index in [0.29, 0.717) is 17.7 Å². The van der Waals surface area contributed by atoms with E-state index in [2.05, 4.69) is 20.9 Å². The minimum absolute atomic E-state index is 0.130. The van der Waals surface area contributed by atoms with Gasteiger partial charge in [0.25, 0.3) is 5.91 Å². The number of carbonyl (C=O) groups excluding carboxylic acids is 2. The van der Waals surface area contributed by atoms with Crippen molar-refractivity contribution in [3.8, 4) is 0 Å². The highest BCUT2D eigenvalue weighted by molar-refractivity contribution is 9.10. The number of carbonyl (C=O) groups is 2. The Morgan fingerprint density at radius 3 is 2.33 bits per heavy atom. The lowest BCUT2D eigenvalue weighted by atomic mass is 9.93. The van der Waals surface area contributed by atoms with Crippen LogP contribution in [0.15, 0.2) is 94.9 Å². The van der Waals surface area contributed by atoms with E-state index >= 15 is 0 Å². The van der Waals surface area contributed by atoms with Crippen molar-refractivity contribution in [2.75, 3.05) is 4.90 Å². The normalized spacial score (nSPS) is 16.2. The molecule has 0 aliphatic carbocycles. The van der Waals surface area contributed by atoms with Crippen LogP contribution in [0.4, 0.5) is 5.69 Å². The van der Waals surface area contributed by atoms with Crippen LogP contribution in [0, 0.1) is 0 Å². The molecule has 5 nitrogen and oxygen atoms in total. The van der Waals surface area contributed by atoms with Gasteiger partial charge in [-0.05, 0) is 53.9 Å². The first-order chi connectivity index (χ1) is 14.6. The molecular formula is C24H19BrN2O3. The number of aryl methyl sites for hydroxylation is 1. The number of hydrogen-bond acceptors (Lipinski definition) is 4. The molecule has 0 saturated heterocycles. The van der Waals surface area contributed by atoms with Gasteiger partial charge in [-0.2, -0.15) is 0 Å². The Hall–Kier alpha value is -3.25. The summed E-state index contributed by atoms with van der Waals surface area (Å²) in [5.74, 6) is -1.31. The fraction of sp³-hybridized carbons (Fsp3) is 0.125. The van der Waals surface area contributed by atoms with E-state index in [-0.39, 0.29) is 17.8 Å². The zero-order valence-electron chi connectivity index (χ0n) is 16.0. The van der Waals surface area contributed by atoms with Crippen LogP contribution in [-0.2, 0) is 16.0 Å². The average Bonchev–Trinajstić information content (AvgIpc) is 3.05. The van der Waals surface area contributed by atoms with Crippen LogP contribution in [0.5, 0.6) is 0 Å². The quantitative estimate of drug-likeness (QED) is 0.562. The SMILES string of the molecule is O=C(CCc1ccccc1)C1=C(O)C(=O)N(c2ccc(Br)cc2)C1c1ccncc1. The summed E-state index contributed by atoms with van der Waals surface area (Å²) in [4.78, 5) is 31.7. The van der Waals surface area contributed by atoms with Crippen LogP contribution in [-0.4, -0.2) is 21.8 Å². The molecule has 1 aromatic heterocycles. The molecule has 1 unspecified atom stereocenters. The van der Waals surface area contributed by atoms with Crippen molar-refractivity contribution in [1.82, 2.24) is 4.98 Å². The molecule has 0 fully saturated rings. The van der Waals surface area contributed by atoms with Gasteiger partial charge in [0.15, 0.2) is 11.5 Å². The molecule has 4 rings (SSSR count). The van der Waals surface area contributed by atoms with Gasteiger partial charge >= 0.3 is 0 Å². The third-order valence-electron chi connectivity index (χ3n) is 5.12. The Bertz CT molecular complexity index is 1100. The van der Waals surface area contributed by atoms with Crippen molar-refractivity contribution in [1.29, 1.82) is 0 Å². The van der Waals surface area contributed by atoms with Gasteiger partial charge in [-0.25, -0.2) is 0 Å². The van der Waals surface area contributed by atoms with Gasteiger partial charge in [-0.15, -0.1) is 0 Å². The van der Waals surface area contributed by atoms with Crippen LogP contribution in [0.3, 0.4) is 0 Å². The number of hydrogen-bond donors (Lipinski definition) is 1. The van der Waals surface area contributed by atoms with Gasteiger partial charge < -0.3 is 5.11 Å². The third-order valence-corrected chi connectivity index (χ3v) is 5.65. The van der Waals surface area contributed by atoms with Crippen molar-refractivity contribution in [2.24, 2.45) is 0 Å². The topological polar surface area (TPSA) is 70.5 Å². The predicted molar refractivity (Wildman–Crippen MR) is 118 cm³/mol. The smallest absolute Gasteiger partial charge is 0.294 e. The molecule has 150 valence electrons. The number of pyridine rings is 1. The minimum atomic E-state index is -0.704. The number of aliphatic hydroxyl groups excluding tert-OH is 1. The zero-order valence-corrected chi connectivity index (χ0v) is 17.6. The molecule has 2 aromatic carbocycles. The maximum atomic E-state index is 13.2. The molecule has 1 aliphatic heterocycles. The summed E-state index contributed by atoms with van der Waals surface area (Å²) in [6, 6.07) is 19.7. The maximum absolute atomic E-state index is 13.2. The van der Waals surface area contributed by atoms with Gasteiger partial charge in [0.1, 0.15) is 0 Å². The second-order valence-electron chi connectivity index (χ2n) is 7.01. The van der Waals surface area contributed by atoms with Crippen LogP contribution in [0.1, 0.15) is 23.6 Å². The summed E-state index contributed by atoms with van der Waals surface area (Å²) >= 11 is 3.39. The number of aromatic nitrogens is 1. The van der Waals surface area contributed by atoms with Crippen molar-refractivity contribution in [3.63, 3.8) is 0 Å². The zero-order chi connectivity index (χ0) is 21.1. The molecular weight excluding hydrogens is 444 g/mol. The highest BCUT2D eigenvalue weighted by atomic mass is 79.9. The Labute approximate surface area is 182 Å². The molecule has 30 heavy (non-hydrogen) atoms. The number of amides is 1. The van der Waals surface area contributed by atoms with E-state index in [4.69, 9.17) is 0 Å². The van der Waals surface area contributed by atoms with Crippen LogP contribution < -0.4 is 4.90 Å². The molecule has 2 heterocycles. The lowest BCUT2D eigenvalue weighted by Gasteiger charge is -2.27. The summed E-state index contributed by atoms with van der Waals surface area (Å²) < 4.78 is 0.870. The molecule has 1 atom stereocenters. The molecule has 0 spiro atoms. The number of halogens is 1. The average molecular weight is 463 g/mol. The molecule has 0 radical (unpaired) electrons. The first-order valence-corrected chi connectivity index (χ1v) is 10.3. The molecule has 1 aliphatic rings. The van der Waals surface area contributed by atoms with Crippen LogP contribution in [0.25, 0.3) is 0 Å². The number of aliphatic hydroxyl groups is 1. The largest absolute Gasteiger partial charge is 0.503 e. The van der Waals surface area contributed by atoms with Gasteiger partial charge in [0.2, 0.25) is 0 Å². The van der Waals surface area contributed by atoms with E-state index < -0.39 is 17.7 Å². The number of ketones is 1. The molecule has 3 aromatic rings. The third kappa shape index (κ3) is 3.91. The van der Waals surface area contributed by atoms with Crippen molar-refractivity contribution >= 4 is 33.3 Å². The summed E-state index contributed by atoms with van der Waals surface area (Å²) in [5, 5.41) is 10.7. The van der Waals surface area contributed by atoms with E-state index in [1.165, 1.54) is 4.90 Å². The van der Waals surface area contributed by atoms with E-state index in [1.54, 1.807) is 36.7 Å². The Balaban J connectivity index is 1.70. The number of anilines is 1. The molecule has 6 heteroatoms. The van der Waals surface area contributed by atoms with E-state index in [1.807, 2.05) is 42.5 Å². The summed E-state index contributed by atoms with van der Waals surface area (Å²) in [6.07, 6.45) is 3.96. The molecule has 1 amide bonds. The van der Waals surface area contributed by atoms with Crippen molar-refractivity contribution in [3.05, 3.63) is 106 Å². The standard InChI is InChI=1S/C24H19BrN2O3/c25-18-7-9-19(10-8-18)27-22(17-12-14-26-15-13-17)21(23(29)24(27)30)20(28)11-6-16-4-2-1-3-5-16/h1-5,7-10,12-15,22,29H,6,11H2. The van der Waals surface area contributed by atoms with Crippen molar-refractivity contribution < 1.29 is 14.7 Å². The Kier molecular flexibility index (Phi) is 5.77. The maximum Gasteiger partial charge on any atom is 0.294 e. The van der Waals surface area contributed by atoms with E-state index in [9.17, 15) is 14.7 Å². The number of rotatable bonds is 6. The van der Waals surface area contributed by atoms with Crippen LogP contribution >= 0.6 is 15.9 Å². The predicted octanol–water partition coefficient (Wildman–Crippen LogP) is 4.95. The minimum Gasteiger partial charge on any atom is -0.503 e. The van der Waals surface area contributed by atoms with Gasteiger partial charge in [0.05, 0.1) is 11.6 Å². The highest BCUT2D eigenvalue weighted by Gasteiger charge is 2.44. The van der Waals surface area contributed by atoms with Crippen molar-refractivity contribution in [2.45, 2.75) is 18.9 Å².